The van der Waals surface area contributed by atoms with Crippen molar-refractivity contribution in [2.24, 2.45) is 0 Å². The predicted molar refractivity (Wildman–Crippen MR) is 284 cm³/mol. The number of hydrogen-bond donors (Lipinski definition) is 0. The summed E-state index contributed by atoms with van der Waals surface area (Å²) in [4.78, 5) is 5.47. The summed E-state index contributed by atoms with van der Waals surface area (Å²) in [6, 6.07) is 39.8. The molecule has 0 atom stereocenters. The van der Waals surface area contributed by atoms with E-state index in [0.29, 0.717) is 0 Å². The normalized spacial score (nSPS) is 21.7. The molecule has 6 aromatic rings. The molecule has 2 nitrogen and oxygen atoms in total. The Balaban J connectivity index is 1.23. The van der Waals surface area contributed by atoms with E-state index in [4.69, 9.17) is 0 Å². The molecule has 0 spiro atoms. The Kier molecular flexibility index (Phi) is 8.30. The topological polar surface area (TPSA) is 6.48 Å². The number of hydrogen-bond acceptors (Lipinski definition) is 2. The monoisotopic (exact) mass is 867 g/mol. The standard InChI is InChI=1S/C63H71BN2/c1-37-29-53-56-54(30-37)66(50-22-18-21-42-55(50)39-19-16-17-20-40(39)63(42,14)15)52-35-47-45(61(10,11)36-62(47,12)13)33-49(52)64(56)48-32-44-46(60(8,9)28-27-59(44,6)7)34-51(48)65(53)38-23-24-41-43(31-38)58(4,5)26-25-57(41,2)3/h16-24,29-35H,25-28,36H2,1-15H3. The van der Waals surface area contributed by atoms with Gasteiger partial charge in [-0.1, -0.05) is 152 Å². The zero-order valence-electron chi connectivity index (χ0n) is 42.7. The second-order valence-electron chi connectivity index (χ2n) is 26.3. The van der Waals surface area contributed by atoms with Gasteiger partial charge in [0.15, 0.2) is 0 Å². The maximum Gasteiger partial charge on any atom is 0.252 e. The highest BCUT2D eigenvalue weighted by Gasteiger charge is 2.51. The SMILES string of the molecule is Cc1cc2c3c(c1)N(c1cccc4c1-c1ccccc1C4(C)C)c1cc4c(cc1B3c1cc3c(cc1N2c1ccc2c(c1)C(C)(C)CCC2(C)C)C(C)(C)CCC3(C)C)C(C)(C)CC4(C)C. The second-order valence-corrected chi connectivity index (χ2v) is 26.3. The molecule has 66 heavy (non-hydrogen) atoms. The fraction of sp³-hybridized carbons (Fsp3) is 0.429. The average molecular weight is 867 g/mol. The largest absolute Gasteiger partial charge is 0.311 e. The highest BCUT2D eigenvalue weighted by Crippen LogP contribution is 2.58. The van der Waals surface area contributed by atoms with Crippen molar-refractivity contribution >= 4 is 57.2 Å². The molecule has 0 saturated carbocycles. The van der Waals surface area contributed by atoms with E-state index < -0.39 is 0 Å². The maximum atomic E-state index is 2.74. The van der Waals surface area contributed by atoms with Crippen LogP contribution < -0.4 is 26.2 Å². The Bertz CT molecular complexity index is 3130. The summed E-state index contributed by atoms with van der Waals surface area (Å²) in [6.07, 6.45) is 5.91. The number of benzene rings is 6. The zero-order chi connectivity index (χ0) is 46.6. The van der Waals surface area contributed by atoms with Crippen LogP contribution in [0, 0.1) is 6.92 Å². The number of anilines is 6. The highest BCUT2D eigenvalue weighted by molar-refractivity contribution is 7.00. The van der Waals surface area contributed by atoms with Crippen molar-refractivity contribution in [3.05, 3.63) is 147 Å². The van der Waals surface area contributed by atoms with E-state index in [0.717, 1.165) is 6.42 Å². The van der Waals surface area contributed by atoms with Crippen molar-refractivity contribution in [2.45, 2.75) is 174 Å². The summed E-state index contributed by atoms with van der Waals surface area (Å²) in [5.74, 6) is 0. The molecule has 4 aliphatic carbocycles. The van der Waals surface area contributed by atoms with Gasteiger partial charge in [0, 0.05) is 39.4 Å². The summed E-state index contributed by atoms with van der Waals surface area (Å²) < 4.78 is 0. The molecule has 0 saturated heterocycles. The van der Waals surface area contributed by atoms with Gasteiger partial charge in [-0.05, 0) is 186 Å². The first kappa shape index (κ1) is 42.3. The Morgan fingerprint density at radius 3 is 1.50 bits per heavy atom. The lowest BCUT2D eigenvalue weighted by Gasteiger charge is -2.48. The number of aryl methyl sites for hydroxylation is 1. The molecule has 6 aliphatic rings. The van der Waals surface area contributed by atoms with E-state index in [1.807, 2.05) is 0 Å². The Morgan fingerprint density at radius 1 is 0.394 bits per heavy atom. The Hall–Kier alpha value is -5.02. The third kappa shape index (κ3) is 5.55. The summed E-state index contributed by atoms with van der Waals surface area (Å²) in [7, 11) is 0. The van der Waals surface area contributed by atoms with Gasteiger partial charge in [0.2, 0.25) is 0 Å². The summed E-state index contributed by atoms with van der Waals surface area (Å²) in [5.41, 5.74) is 28.6. The fourth-order valence-corrected chi connectivity index (χ4v) is 14.8. The van der Waals surface area contributed by atoms with Gasteiger partial charge in [0.1, 0.15) is 0 Å². The van der Waals surface area contributed by atoms with E-state index in [-0.39, 0.29) is 44.6 Å². The van der Waals surface area contributed by atoms with Crippen molar-refractivity contribution in [1.29, 1.82) is 0 Å². The summed E-state index contributed by atoms with van der Waals surface area (Å²) in [6.45, 7) is 37.1. The molecule has 0 bridgehead atoms. The Morgan fingerprint density at radius 2 is 0.879 bits per heavy atom. The van der Waals surface area contributed by atoms with Crippen LogP contribution in [-0.2, 0) is 37.9 Å². The van der Waals surface area contributed by atoms with Gasteiger partial charge in [-0.15, -0.1) is 0 Å². The molecule has 2 heterocycles. The quantitative estimate of drug-likeness (QED) is 0.160. The number of rotatable bonds is 2. The van der Waals surface area contributed by atoms with Crippen molar-refractivity contribution < 1.29 is 0 Å². The lowest BCUT2D eigenvalue weighted by Crippen LogP contribution is -2.62. The van der Waals surface area contributed by atoms with Crippen LogP contribution in [0.4, 0.5) is 34.1 Å². The number of nitrogens with zero attached hydrogens (tertiary/aromatic N) is 2. The van der Waals surface area contributed by atoms with Gasteiger partial charge in [-0.25, -0.2) is 0 Å². The summed E-state index contributed by atoms with van der Waals surface area (Å²) >= 11 is 0. The van der Waals surface area contributed by atoms with Crippen LogP contribution in [-0.4, -0.2) is 6.71 Å². The molecule has 6 aromatic carbocycles. The number of fused-ring (bicyclic) bond motifs is 10. The first-order valence-corrected chi connectivity index (χ1v) is 25.4. The van der Waals surface area contributed by atoms with E-state index in [2.05, 4.69) is 211 Å². The van der Waals surface area contributed by atoms with E-state index >= 15 is 0 Å². The van der Waals surface area contributed by atoms with E-state index in [1.165, 1.54) is 137 Å². The van der Waals surface area contributed by atoms with Gasteiger partial charge < -0.3 is 9.80 Å². The molecular formula is C63H71BN2. The van der Waals surface area contributed by atoms with Gasteiger partial charge in [0.05, 0.1) is 5.69 Å². The lowest BCUT2D eigenvalue weighted by molar-refractivity contribution is 0.332. The lowest BCUT2D eigenvalue weighted by atomic mass is 9.32. The van der Waals surface area contributed by atoms with Gasteiger partial charge in [-0.3, -0.25) is 0 Å². The van der Waals surface area contributed by atoms with Crippen LogP contribution in [0.2, 0.25) is 0 Å². The third-order valence-electron chi connectivity index (χ3n) is 18.6. The minimum atomic E-state index is -0.108. The summed E-state index contributed by atoms with van der Waals surface area (Å²) in [5, 5.41) is 0. The van der Waals surface area contributed by atoms with Crippen molar-refractivity contribution in [3.8, 4) is 11.1 Å². The van der Waals surface area contributed by atoms with Crippen LogP contribution in [0.5, 0.6) is 0 Å². The zero-order valence-corrected chi connectivity index (χ0v) is 42.7. The second kappa shape index (κ2) is 12.9. The van der Waals surface area contributed by atoms with Gasteiger partial charge in [0.25, 0.3) is 6.71 Å². The predicted octanol–water partition coefficient (Wildman–Crippen LogP) is 15.0. The molecule has 12 rings (SSSR count). The van der Waals surface area contributed by atoms with Gasteiger partial charge in [-0.2, -0.15) is 0 Å². The van der Waals surface area contributed by atoms with E-state index in [1.54, 1.807) is 0 Å². The maximum absolute atomic E-state index is 2.74. The van der Waals surface area contributed by atoms with Crippen molar-refractivity contribution in [3.63, 3.8) is 0 Å². The molecule has 0 amide bonds. The van der Waals surface area contributed by atoms with Crippen molar-refractivity contribution in [2.75, 3.05) is 9.80 Å². The van der Waals surface area contributed by atoms with Crippen LogP contribution in [0.1, 0.15) is 179 Å². The van der Waals surface area contributed by atoms with Crippen LogP contribution in [0.3, 0.4) is 0 Å². The fourth-order valence-electron chi connectivity index (χ4n) is 14.8. The molecule has 0 N–H and O–H groups in total. The Labute approximate surface area is 397 Å². The molecule has 2 aliphatic heterocycles. The van der Waals surface area contributed by atoms with Crippen LogP contribution in [0.15, 0.2) is 97.1 Å². The molecule has 0 aromatic heterocycles. The third-order valence-corrected chi connectivity index (χ3v) is 18.6. The van der Waals surface area contributed by atoms with E-state index in [9.17, 15) is 0 Å². The smallest absolute Gasteiger partial charge is 0.252 e. The minimum absolute atomic E-state index is 0.0511. The first-order chi connectivity index (χ1) is 30.8. The molecule has 336 valence electrons. The highest BCUT2D eigenvalue weighted by atomic mass is 15.2. The minimum Gasteiger partial charge on any atom is -0.311 e. The molecular weight excluding hydrogens is 796 g/mol. The van der Waals surface area contributed by atoms with Crippen molar-refractivity contribution in [1.82, 2.24) is 0 Å². The van der Waals surface area contributed by atoms with Crippen LogP contribution >= 0.6 is 0 Å². The molecule has 0 radical (unpaired) electrons. The first-order valence-electron chi connectivity index (χ1n) is 25.4. The average Bonchev–Trinajstić information content (AvgIpc) is 3.59. The molecule has 0 unspecified atom stereocenters. The van der Waals surface area contributed by atoms with Crippen LogP contribution in [0.25, 0.3) is 11.1 Å². The molecule has 3 heteroatoms. The molecule has 0 fully saturated rings. The van der Waals surface area contributed by atoms with Gasteiger partial charge >= 0.3 is 0 Å².